The van der Waals surface area contributed by atoms with Crippen LogP contribution in [0, 0.1) is 0 Å². The van der Waals surface area contributed by atoms with Gasteiger partial charge in [-0.3, -0.25) is 14.5 Å². The van der Waals surface area contributed by atoms with E-state index in [1.807, 2.05) is 7.05 Å². The van der Waals surface area contributed by atoms with Gasteiger partial charge in [-0.15, -0.1) is 0 Å². The Balaban J connectivity index is 1.94. The Morgan fingerprint density at radius 2 is 1.79 bits per heavy atom. The first kappa shape index (κ1) is 23.3. The molecule has 162 valence electrons. The number of likely N-dealkylation sites (tertiary alicyclic amines) is 1. The molecule has 0 radical (unpaired) electrons. The first-order chi connectivity index (χ1) is 13.7. The Bertz CT molecular complexity index is 816. The second-order valence-corrected chi connectivity index (χ2v) is 9.24. The summed E-state index contributed by atoms with van der Waals surface area (Å²) >= 11 is 0. The second kappa shape index (κ2) is 10.2. The van der Waals surface area contributed by atoms with Crippen LogP contribution in [0.15, 0.2) is 29.2 Å². The maximum atomic E-state index is 12.7. The van der Waals surface area contributed by atoms with Gasteiger partial charge in [-0.1, -0.05) is 19.9 Å². The number of nitrogens with zero attached hydrogens (tertiary/aromatic N) is 3. The summed E-state index contributed by atoms with van der Waals surface area (Å²) in [5.74, 6) is -0.124. The van der Waals surface area contributed by atoms with E-state index < -0.39 is 10.0 Å². The number of nitrogens with one attached hydrogen (secondary N) is 1. The van der Waals surface area contributed by atoms with Gasteiger partial charge in [-0.25, -0.2) is 8.42 Å². The van der Waals surface area contributed by atoms with Gasteiger partial charge < -0.3 is 10.2 Å². The Morgan fingerprint density at radius 1 is 1.17 bits per heavy atom. The summed E-state index contributed by atoms with van der Waals surface area (Å²) in [6.45, 7) is 7.67. The van der Waals surface area contributed by atoms with Crippen LogP contribution in [0.2, 0.25) is 0 Å². The Labute approximate surface area is 173 Å². The molecular formula is C20H32N4O4S. The fourth-order valence-corrected chi connectivity index (χ4v) is 5.08. The minimum Gasteiger partial charge on any atom is -0.343 e. The molecule has 0 unspecified atom stereocenters. The zero-order chi connectivity index (χ0) is 21.6. The number of benzene rings is 1. The van der Waals surface area contributed by atoms with Crippen LogP contribution in [0.4, 0.5) is 5.69 Å². The molecule has 1 fully saturated rings. The standard InChI is InChI=1S/C20H32N4O4S/c1-5-24(6-2)29(27,28)19-9-7-8-17(14-19)21-20(26)15-23-12-10-18(11-13-23)22(4)16(3)25/h7-9,14,18H,5-6,10-13,15H2,1-4H3,(H,21,26). The summed E-state index contributed by atoms with van der Waals surface area (Å²) < 4.78 is 26.7. The molecule has 1 saturated heterocycles. The summed E-state index contributed by atoms with van der Waals surface area (Å²) in [6, 6.07) is 6.58. The van der Waals surface area contributed by atoms with Crippen molar-refractivity contribution in [2.75, 3.05) is 45.1 Å². The molecule has 29 heavy (non-hydrogen) atoms. The summed E-state index contributed by atoms with van der Waals surface area (Å²) in [5, 5.41) is 2.80. The lowest BCUT2D eigenvalue weighted by Gasteiger charge is -2.36. The van der Waals surface area contributed by atoms with E-state index in [0.717, 1.165) is 25.9 Å². The first-order valence-corrected chi connectivity index (χ1v) is 11.5. The van der Waals surface area contributed by atoms with Crippen molar-refractivity contribution in [2.24, 2.45) is 0 Å². The van der Waals surface area contributed by atoms with Crippen LogP contribution in [0.25, 0.3) is 0 Å². The molecule has 1 heterocycles. The number of anilines is 1. The number of piperidine rings is 1. The highest BCUT2D eigenvalue weighted by molar-refractivity contribution is 7.89. The van der Waals surface area contributed by atoms with Crippen molar-refractivity contribution < 1.29 is 18.0 Å². The van der Waals surface area contributed by atoms with Crippen molar-refractivity contribution in [3.05, 3.63) is 24.3 Å². The lowest BCUT2D eigenvalue weighted by atomic mass is 10.0. The molecule has 1 aliphatic rings. The molecule has 2 amide bonds. The van der Waals surface area contributed by atoms with Crippen molar-refractivity contribution in [1.29, 1.82) is 0 Å². The van der Waals surface area contributed by atoms with Crippen LogP contribution < -0.4 is 5.32 Å². The van der Waals surface area contributed by atoms with E-state index in [9.17, 15) is 18.0 Å². The number of hydrogen-bond acceptors (Lipinski definition) is 5. The summed E-state index contributed by atoms with van der Waals surface area (Å²) in [5.41, 5.74) is 0.467. The van der Waals surface area contributed by atoms with Crippen molar-refractivity contribution in [1.82, 2.24) is 14.1 Å². The highest BCUT2D eigenvalue weighted by atomic mass is 32.2. The quantitative estimate of drug-likeness (QED) is 0.685. The van der Waals surface area contributed by atoms with Crippen LogP contribution in [-0.2, 0) is 19.6 Å². The van der Waals surface area contributed by atoms with Crippen LogP contribution >= 0.6 is 0 Å². The molecular weight excluding hydrogens is 392 g/mol. The summed E-state index contributed by atoms with van der Waals surface area (Å²) in [7, 11) is -1.75. The number of carbonyl (C=O) groups excluding carboxylic acids is 2. The molecule has 8 nitrogen and oxygen atoms in total. The normalized spacial score (nSPS) is 16.0. The molecule has 1 aliphatic heterocycles. The molecule has 0 spiro atoms. The maximum Gasteiger partial charge on any atom is 0.243 e. The van der Waals surface area contributed by atoms with Crippen LogP contribution in [0.3, 0.4) is 0 Å². The molecule has 0 saturated carbocycles. The summed E-state index contributed by atoms with van der Waals surface area (Å²) in [4.78, 5) is 27.9. The highest BCUT2D eigenvalue weighted by Gasteiger charge is 2.25. The molecule has 0 atom stereocenters. The van der Waals surface area contributed by atoms with Gasteiger partial charge in [0.2, 0.25) is 21.8 Å². The molecule has 1 aromatic carbocycles. The molecule has 1 N–H and O–H groups in total. The number of carbonyl (C=O) groups is 2. The molecule has 0 bridgehead atoms. The highest BCUT2D eigenvalue weighted by Crippen LogP contribution is 2.20. The Morgan fingerprint density at radius 3 is 2.34 bits per heavy atom. The fourth-order valence-electron chi connectivity index (χ4n) is 3.57. The third kappa shape index (κ3) is 6.01. The van der Waals surface area contributed by atoms with Gasteiger partial charge in [0.15, 0.2) is 0 Å². The fraction of sp³-hybridized carbons (Fsp3) is 0.600. The number of rotatable bonds is 8. The monoisotopic (exact) mass is 424 g/mol. The van der Waals surface area contributed by atoms with Crippen molar-refractivity contribution in [3.63, 3.8) is 0 Å². The SMILES string of the molecule is CCN(CC)S(=O)(=O)c1cccc(NC(=O)CN2CCC(N(C)C(C)=O)CC2)c1. The second-order valence-electron chi connectivity index (χ2n) is 7.30. The smallest absolute Gasteiger partial charge is 0.243 e. The van der Waals surface area contributed by atoms with E-state index in [1.165, 1.54) is 10.4 Å². The Kier molecular flexibility index (Phi) is 8.18. The van der Waals surface area contributed by atoms with E-state index >= 15 is 0 Å². The van der Waals surface area contributed by atoms with Crippen LogP contribution in [0.1, 0.15) is 33.6 Å². The van der Waals surface area contributed by atoms with Crippen LogP contribution in [0.5, 0.6) is 0 Å². The molecule has 0 aliphatic carbocycles. The average Bonchev–Trinajstić information content (AvgIpc) is 2.68. The third-order valence-corrected chi connectivity index (χ3v) is 7.48. The van der Waals surface area contributed by atoms with Gasteiger partial charge in [-0.2, -0.15) is 4.31 Å². The molecule has 1 aromatic rings. The molecule has 2 rings (SSSR count). The zero-order valence-corrected chi connectivity index (χ0v) is 18.5. The van der Waals surface area contributed by atoms with Crippen molar-refractivity contribution in [3.8, 4) is 0 Å². The number of amides is 2. The largest absolute Gasteiger partial charge is 0.343 e. The van der Waals surface area contributed by atoms with Gasteiger partial charge in [0.25, 0.3) is 0 Å². The van der Waals surface area contributed by atoms with Crippen LogP contribution in [-0.4, -0.2) is 80.2 Å². The average molecular weight is 425 g/mol. The topological polar surface area (TPSA) is 90.0 Å². The summed E-state index contributed by atoms with van der Waals surface area (Å²) in [6.07, 6.45) is 1.67. The van der Waals surface area contributed by atoms with Crippen molar-refractivity contribution in [2.45, 2.75) is 44.6 Å². The van der Waals surface area contributed by atoms with Crippen molar-refractivity contribution >= 4 is 27.5 Å². The maximum absolute atomic E-state index is 12.7. The molecule has 0 aromatic heterocycles. The first-order valence-electron chi connectivity index (χ1n) is 10.0. The van der Waals surface area contributed by atoms with Gasteiger partial charge >= 0.3 is 0 Å². The van der Waals surface area contributed by atoms with E-state index in [1.54, 1.807) is 43.9 Å². The van der Waals surface area contributed by atoms with E-state index in [4.69, 9.17) is 0 Å². The van der Waals surface area contributed by atoms with Gasteiger partial charge in [0, 0.05) is 51.9 Å². The predicted molar refractivity (Wildman–Crippen MR) is 113 cm³/mol. The minimum atomic E-state index is -3.57. The number of hydrogen-bond donors (Lipinski definition) is 1. The Hall–Kier alpha value is -1.97. The van der Waals surface area contributed by atoms with Gasteiger partial charge in [-0.05, 0) is 31.0 Å². The van der Waals surface area contributed by atoms with Gasteiger partial charge in [0.05, 0.1) is 11.4 Å². The molecule has 9 heteroatoms. The zero-order valence-electron chi connectivity index (χ0n) is 17.7. The van der Waals surface area contributed by atoms with E-state index in [0.29, 0.717) is 18.8 Å². The minimum absolute atomic E-state index is 0.0562. The third-order valence-electron chi connectivity index (χ3n) is 5.43. The van der Waals surface area contributed by atoms with E-state index in [2.05, 4.69) is 10.2 Å². The predicted octanol–water partition coefficient (Wildman–Crippen LogP) is 1.60. The number of sulfonamides is 1. The lowest BCUT2D eigenvalue weighted by molar-refractivity contribution is -0.130. The van der Waals surface area contributed by atoms with E-state index in [-0.39, 0.29) is 29.3 Å². The van der Waals surface area contributed by atoms with Gasteiger partial charge in [0.1, 0.15) is 0 Å². The lowest BCUT2D eigenvalue weighted by Crippen LogP contribution is -2.46.